The van der Waals surface area contributed by atoms with E-state index in [2.05, 4.69) is 37.6 Å². The Morgan fingerprint density at radius 2 is 2.04 bits per heavy atom. The zero-order chi connectivity index (χ0) is 19.5. The third-order valence-corrected chi connectivity index (χ3v) is 4.96. The van der Waals surface area contributed by atoms with Gasteiger partial charge < -0.3 is 15.3 Å². The van der Waals surface area contributed by atoms with Crippen molar-refractivity contribution in [3.05, 3.63) is 59.9 Å². The van der Waals surface area contributed by atoms with Crippen molar-refractivity contribution in [3.63, 3.8) is 0 Å². The van der Waals surface area contributed by atoms with Crippen LogP contribution < -0.4 is 10.2 Å². The van der Waals surface area contributed by atoms with E-state index in [0.29, 0.717) is 31.3 Å². The molecule has 0 bridgehead atoms. The summed E-state index contributed by atoms with van der Waals surface area (Å²) in [7, 11) is 0. The van der Waals surface area contributed by atoms with Crippen molar-refractivity contribution in [3.8, 4) is 0 Å². The number of carboxylic acid groups (broad SMARTS) is 1. The van der Waals surface area contributed by atoms with Gasteiger partial charge >= 0.3 is 5.97 Å². The number of carboxylic acids is 1. The summed E-state index contributed by atoms with van der Waals surface area (Å²) >= 11 is 0. The van der Waals surface area contributed by atoms with Gasteiger partial charge in [-0.3, -0.25) is 9.89 Å². The van der Waals surface area contributed by atoms with Gasteiger partial charge in [0.1, 0.15) is 11.6 Å². The summed E-state index contributed by atoms with van der Waals surface area (Å²) in [6.45, 7) is 2.98. The number of H-pyrrole nitrogens is 1. The number of nitrogens with zero attached hydrogens (tertiary/aromatic N) is 4. The molecule has 1 aliphatic heterocycles. The maximum atomic E-state index is 11.8. The van der Waals surface area contributed by atoms with Gasteiger partial charge in [-0.15, -0.1) is 0 Å². The fourth-order valence-corrected chi connectivity index (χ4v) is 3.63. The Labute approximate surface area is 162 Å². The molecule has 2 atom stereocenters. The number of nitrogens with one attached hydrogen (secondary N) is 2. The SMILES string of the molecule is Cc1cc(Nc2ccn[nH]2)nc(N2C[C@H](C(=O)O)C[C@H](c3ccccc3)C2)n1. The minimum absolute atomic E-state index is 0.115. The lowest BCUT2D eigenvalue weighted by molar-refractivity contribution is -0.142. The average Bonchev–Trinajstić information content (AvgIpc) is 3.21. The zero-order valence-corrected chi connectivity index (χ0v) is 15.5. The van der Waals surface area contributed by atoms with Crippen LogP contribution in [0.2, 0.25) is 0 Å². The third kappa shape index (κ3) is 3.95. The summed E-state index contributed by atoms with van der Waals surface area (Å²) in [5, 5.41) is 19.6. The van der Waals surface area contributed by atoms with Gasteiger partial charge in [-0.2, -0.15) is 10.1 Å². The number of piperidine rings is 1. The summed E-state index contributed by atoms with van der Waals surface area (Å²) < 4.78 is 0. The Balaban J connectivity index is 1.62. The number of aromatic nitrogens is 4. The highest BCUT2D eigenvalue weighted by Crippen LogP contribution is 2.32. The molecule has 28 heavy (non-hydrogen) atoms. The monoisotopic (exact) mass is 378 g/mol. The van der Waals surface area contributed by atoms with Crippen LogP contribution in [0.5, 0.6) is 0 Å². The highest BCUT2D eigenvalue weighted by molar-refractivity contribution is 5.71. The Bertz CT molecular complexity index is 945. The molecule has 4 rings (SSSR count). The van der Waals surface area contributed by atoms with E-state index < -0.39 is 11.9 Å². The minimum atomic E-state index is -0.783. The number of hydrogen-bond acceptors (Lipinski definition) is 6. The van der Waals surface area contributed by atoms with Gasteiger partial charge in [0.15, 0.2) is 0 Å². The molecule has 3 N–H and O–H groups in total. The molecule has 1 aromatic carbocycles. The van der Waals surface area contributed by atoms with E-state index >= 15 is 0 Å². The summed E-state index contributed by atoms with van der Waals surface area (Å²) in [4.78, 5) is 22.9. The van der Waals surface area contributed by atoms with Gasteiger partial charge in [0, 0.05) is 36.8 Å². The molecule has 0 spiro atoms. The number of benzene rings is 1. The standard InChI is InChI=1S/C20H22N6O2/c1-13-9-18(23-17-7-8-21-25-17)24-20(22-13)26-11-15(10-16(12-26)19(27)28)14-5-3-2-4-6-14/h2-9,15-16H,10-12H2,1H3,(H,27,28)(H2,21,22,23,24,25)/t15-,16+/m0/s1. The van der Waals surface area contributed by atoms with Gasteiger partial charge in [0.25, 0.3) is 0 Å². The van der Waals surface area contributed by atoms with Gasteiger partial charge in [-0.05, 0) is 18.9 Å². The fourth-order valence-electron chi connectivity index (χ4n) is 3.63. The number of carbonyl (C=O) groups is 1. The highest BCUT2D eigenvalue weighted by atomic mass is 16.4. The largest absolute Gasteiger partial charge is 0.481 e. The molecular formula is C20H22N6O2. The molecule has 144 valence electrons. The van der Waals surface area contributed by atoms with E-state index in [1.807, 2.05) is 42.2 Å². The topological polar surface area (TPSA) is 107 Å². The van der Waals surface area contributed by atoms with Crippen LogP contribution in [0.25, 0.3) is 0 Å². The second-order valence-electron chi connectivity index (χ2n) is 7.07. The van der Waals surface area contributed by atoms with Crippen molar-refractivity contribution in [1.29, 1.82) is 0 Å². The summed E-state index contributed by atoms with van der Waals surface area (Å²) in [5.41, 5.74) is 1.95. The molecule has 0 saturated carbocycles. The number of aliphatic carboxylic acids is 1. The van der Waals surface area contributed by atoms with Crippen molar-refractivity contribution in [2.75, 3.05) is 23.3 Å². The lowest BCUT2D eigenvalue weighted by Crippen LogP contribution is -2.43. The first kappa shape index (κ1) is 18.0. The smallest absolute Gasteiger partial charge is 0.308 e. The molecule has 0 radical (unpaired) electrons. The molecule has 1 fully saturated rings. The number of anilines is 3. The van der Waals surface area contributed by atoms with Crippen molar-refractivity contribution >= 4 is 23.6 Å². The van der Waals surface area contributed by atoms with Gasteiger partial charge in [-0.1, -0.05) is 30.3 Å². The van der Waals surface area contributed by atoms with E-state index in [1.165, 1.54) is 0 Å². The first-order chi connectivity index (χ1) is 13.6. The molecular weight excluding hydrogens is 356 g/mol. The molecule has 3 aromatic rings. The van der Waals surface area contributed by atoms with E-state index in [4.69, 9.17) is 0 Å². The molecule has 8 nitrogen and oxygen atoms in total. The van der Waals surface area contributed by atoms with Crippen LogP contribution in [0.3, 0.4) is 0 Å². The lowest BCUT2D eigenvalue weighted by atomic mass is 9.84. The van der Waals surface area contributed by atoms with Crippen LogP contribution in [-0.4, -0.2) is 44.3 Å². The fraction of sp³-hybridized carbons (Fsp3) is 0.300. The van der Waals surface area contributed by atoms with Crippen molar-refractivity contribution in [2.45, 2.75) is 19.3 Å². The van der Waals surface area contributed by atoms with Crippen molar-refractivity contribution in [2.24, 2.45) is 5.92 Å². The normalized spacial score (nSPS) is 19.4. The molecule has 0 unspecified atom stereocenters. The van der Waals surface area contributed by atoms with Gasteiger partial charge in [-0.25, -0.2) is 4.98 Å². The molecule has 2 aromatic heterocycles. The lowest BCUT2D eigenvalue weighted by Gasteiger charge is -2.36. The highest BCUT2D eigenvalue weighted by Gasteiger charge is 2.33. The predicted octanol–water partition coefficient (Wildman–Crippen LogP) is 2.95. The summed E-state index contributed by atoms with van der Waals surface area (Å²) in [6.07, 6.45) is 2.27. The Morgan fingerprint density at radius 3 is 2.75 bits per heavy atom. The molecule has 3 heterocycles. The third-order valence-electron chi connectivity index (χ3n) is 4.96. The Kier molecular flexibility index (Phi) is 4.92. The number of hydrogen-bond donors (Lipinski definition) is 3. The first-order valence-corrected chi connectivity index (χ1v) is 9.23. The van der Waals surface area contributed by atoms with Gasteiger partial charge in [0.05, 0.1) is 12.1 Å². The molecule has 1 saturated heterocycles. The minimum Gasteiger partial charge on any atom is -0.481 e. The van der Waals surface area contributed by atoms with Crippen LogP contribution >= 0.6 is 0 Å². The van der Waals surface area contributed by atoms with Gasteiger partial charge in [0.2, 0.25) is 5.95 Å². The zero-order valence-electron chi connectivity index (χ0n) is 15.5. The molecule has 0 amide bonds. The Morgan fingerprint density at radius 1 is 1.21 bits per heavy atom. The predicted molar refractivity (Wildman–Crippen MR) is 106 cm³/mol. The molecule has 0 aliphatic carbocycles. The van der Waals surface area contributed by atoms with Crippen molar-refractivity contribution in [1.82, 2.24) is 20.2 Å². The number of aromatic amines is 1. The average molecular weight is 378 g/mol. The second kappa shape index (κ2) is 7.67. The van der Waals surface area contributed by atoms with Crippen LogP contribution in [-0.2, 0) is 4.79 Å². The van der Waals surface area contributed by atoms with Crippen LogP contribution in [0.4, 0.5) is 17.6 Å². The number of aryl methyl sites for hydroxylation is 1. The number of rotatable bonds is 5. The quantitative estimate of drug-likeness (QED) is 0.626. The first-order valence-electron chi connectivity index (χ1n) is 9.23. The van der Waals surface area contributed by atoms with E-state index in [9.17, 15) is 9.90 Å². The maximum Gasteiger partial charge on any atom is 0.308 e. The molecule has 1 aliphatic rings. The Hall–Kier alpha value is -3.42. The van der Waals surface area contributed by atoms with E-state index in [0.717, 1.165) is 17.1 Å². The maximum absolute atomic E-state index is 11.8. The van der Waals surface area contributed by atoms with Crippen LogP contribution in [0.15, 0.2) is 48.7 Å². The molecule has 8 heteroatoms. The van der Waals surface area contributed by atoms with Crippen LogP contribution in [0, 0.1) is 12.8 Å². The summed E-state index contributed by atoms with van der Waals surface area (Å²) in [6, 6.07) is 13.7. The second-order valence-corrected chi connectivity index (χ2v) is 7.07. The van der Waals surface area contributed by atoms with Crippen LogP contribution in [0.1, 0.15) is 23.6 Å². The summed E-state index contributed by atoms with van der Waals surface area (Å²) in [5.74, 6) is 0.771. The van der Waals surface area contributed by atoms with E-state index in [-0.39, 0.29) is 5.92 Å². The van der Waals surface area contributed by atoms with E-state index in [1.54, 1.807) is 6.20 Å². The van der Waals surface area contributed by atoms with Crippen molar-refractivity contribution < 1.29 is 9.90 Å².